The van der Waals surface area contributed by atoms with Crippen LogP contribution in [-0.4, -0.2) is 6.21 Å². The molecule has 0 aliphatic rings. The van der Waals surface area contributed by atoms with Crippen molar-refractivity contribution in [2.45, 2.75) is 13.5 Å². The summed E-state index contributed by atoms with van der Waals surface area (Å²) in [5, 5.41) is 3.77. The summed E-state index contributed by atoms with van der Waals surface area (Å²) in [4.78, 5) is 0. The van der Waals surface area contributed by atoms with Crippen molar-refractivity contribution >= 4 is 6.21 Å². The molecule has 1 aromatic carbocycles. The first kappa shape index (κ1) is 8.71. The van der Waals surface area contributed by atoms with Crippen molar-refractivity contribution in [3.05, 3.63) is 35.6 Å². The minimum atomic E-state index is -0.198. The number of halogens is 1. The Morgan fingerprint density at radius 2 is 2.25 bits per heavy atom. The van der Waals surface area contributed by atoms with Gasteiger partial charge in [-0.1, -0.05) is 18.2 Å². The predicted octanol–water partition coefficient (Wildman–Crippen LogP) is 1.92. The van der Waals surface area contributed by atoms with Gasteiger partial charge in [-0.25, -0.2) is 4.39 Å². The van der Waals surface area contributed by atoms with Crippen LogP contribution in [-0.2, 0) is 6.54 Å². The molecule has 0 aliphatic carbocycles. The van der Waals surface area contributed by atoms with Crippen LogP contribution in [0.1, 0.15) is 12.5 Å². The molecule has 0 radical (unpaired) electrons. The third-order valence-electron chi connectivity index (χ3n) is 1.45. The second-order valence-electron chi connectivity index (χ2n) is 2.31. The number of hydrogen-bond acceptors (Lipinski definition) is 2. The maximum absolute atomic E-state index is 12.9. The summed E-state index contributed by atoms with van der Waals surface area (Å²) < 4.78 is 12.9. The third kappa shape index (κ3) is 2.34. The fourth-order valence-corrected chi connectivity index (χ4v) is 0.864. The average molecular weight is 166 g/mol. The molecule has 0 amide bonds. The molecule has 0 spiro atoms. The minimum Gasteiger partial charge on any atom is -0.306 e. The van der Waals surface area contributed by atoms with E-state index in [0.29, 0.717) is 12.1 Å². The third-order valence-corrected chi connectivity index (χ3v) is 1.45. The van der Waals surface area contributed by atoms with E-state index in [1.54, 1.807) is 31.3 Å². The molecule has 0 aliphatic heterocycles. The molecule has 0 saturated carbocycles. The van der Waals surface area contributed by atoms with Gasteiger partial charge >= 0.3 is 0 Å². The number of rotatable bonds is 3. The zero-order chi connectivity index (χ0) is 8.81. The Kier molecular flexibility index (Phi) is 3.26. The Labute approximate surface area is 71.1 Å². The highest BCUT2D eigenvalue weighted by Gasteiger charge is 1.97. The van der Waals surface area contributed by atoms with Crippen molar-refractivity contribution in [2.24, 2.45) is 5.10 Å². The lowest BCUT2D eigenvalue weighted by molar-refractivity contribution is 0.595. The van der Waals surface area contributed by atoms with Gasteiger partial charge in [-0.2, -0.15) is 5.10 Å². The fraction of sp³-hybridized carbons (Fsp3) is 0.222. The van der Waals surface area contributed by atoms with Crippen molar-refractivity contribution in [3.8, 4) is 0 Å². The molecular formula is C9H11FN2. The van der Waals surface area contributed by atoms with Crippen molar-refractivity contribution < 1.29 is 4.39 Å². The van der Waals surface area contributed by atoms with Crippen LogP contribution >= 0.6 is 0 Å². The SMILES string of the molecule is C/C=N\NCc1ccccc1F. The van der Waals surface area contributed by atoms with Crippen LogP contribution in [0.25, 0.3) is 0 Å². The van der Waals surface area contributed by atoms with E-state index in [2.05, 4.69) is 10.5 Å². The summed E-state index contributed by atoms with van der Waals surface area (Å²) in [6, 6.07) is 6.64. The van der Waals surface area contributed by atoms with Gasteiger partial charge in [0.2, 0.25) is 0 Å². The van der Waals surface area contributed by atoms with Crippen LogP contribution in [0, 0.1) is 5.82 Å². The van der Waals surface area contributed by atoms with Gasteiger partial charge in [0.05, 0.1) is 6.54 Å². The Bertz CT molecular complexity index is 271. The van der Waals surface area contributed by atoms with Crippen LogP contribution in [0.5, 0.6) is 0 Å². The first-order valence-corrected chi connectivity index (χ1v) is 3.78. The molecule has 3 heteroatoms. The lowest BCUT2D eigenvalue weighted by Gasteiger charge is -2.00. The molecular weight excluding hydrogens is 155 g/mol. The number of nitrogens with zero attached hydrogens (tertiary/aromatic N) is 1. The molecule has 1 N–H and O–H groups in total. The molecule has 1 aromatic rings. The second-order valence-corrected chi connectivity index (χ2v) is 2.31. The first-order valence-electron chi connectivity index (χ1n) is 3.78. The zero-order valence-corrected chi connectivity index (χ0v) is 6.92. The van der Waals surface area contributed by atoms with Gasteiger partial charge in [-0.15, -0.1) is 0 Å². The van der Waals surface area contributed by atoms with Gasteiger partial charge in [0.25, 0.3) is 0 Å². The van der Waals surface area contributed by atoms with Crippen molar-refractivity contribution in [2.75, 3.05) is 0 Å². The molecule has 0 unspecified atom stereocenters. The molecule has 2 nitrogen and oxygen atoms in total. The first-order chi connectivity index (χ1) is 5.84. The zero-order valence-electron chi connectivity index (χ0n) is 6.92. The van der Waals surface area contributed by atoms with E-state index in [4.69, 9.17) is 0 Å². The van der Waals surface area contributed by atoms with Crippen LogP contribution < -0.4 is 5.43 Å². The van der Waals surface area contributed by atoms with Crippen LogP contribution in [0.15, 0.2) is 29.4 Å². The monoisotopic (exact) mass is 166 g/mol. The summed E-state index contributed by atoms with van der Waals surface area (Å²) in [5.41, 5.74) is 3.35. The lowest BCUT2D eigenvalue weighted by Crippen LogP contribution is -2.06. The molecule has 0 bridgehead atoms. The summed E-state index contributed by atoms with van der Waals surface area (Å²) in [5.74, 6) is -0.198. The molecule has 0 saturated heterocycles. The van der Waals surface area contributed by atoms with Gasteiger partial charge in [0.15, 0.2) is 0 Å². The molecule has 12 heavy (non-hydrogen) atoms. The number of benzene rings is 1. The predicted molar refractivity (Wildman–Crippen MR) is 47.4 cm³/mol. The highest BCUT2D eigenvalue weighted by molar-refractivity contribution is 5.52. The molecule has 0 fully saturated rings. The molecule has 0 heterocycles. The average Bonchev–Trinajstić information content (AvgIpc) is 2.09. The van der Waals surface area contributed by atoms with E-state index < -0.39 is 0 Å². The smallest absolute Gasteiger partial charge is 0.128 e. The number of hydrazone groups is 1. The van der Waals surface area contributed by atoms with Crippen molar-refractivity contribution in [3.63, 3.8) is 0 Å². The Morgan fingerprint density at radius 1 is 1.50 bits per heavy atom. The summed E-state index contributed by atoms with van der Waals surface area (Å²) in [6.07, 6.45) is 1.63. The van der Waals surface area contributed by atoms with Gasteiger partial charge in [0.1, 0.15) is 5.82 Å². The normalized spacial score (nSPS) is 10.5. The van der Waals surface area contributed by atoms with Crippen LogP contribution in [0.4, 0.5) is 4.39 Å². The van der Waals surface area contributed by atoms with E-state index in [-0.39, 0.29) is 5.82 Å². The highest BCUT2D eigenvalue weighted by Crippen LogP contribution is 2.04. The summed E-state index contributed by atoms with van der Waals surface area (Å²) >= 11 is 0. The maximum atomic E-state index is 12.9. The molecule has 0 atom stereocenters. The quantitative estimate of drug-likeness (QED) is 0.538. The Morgan fingerprint density at radius 3 is 2.92 bits per heavy atom. The molecule has 0 aromatic heterocycles. The largest absolute Gasteiger partial charge is 0.306 e. The minimum absolute atomic E-state index is 0.198. The van der Waals surface area contributed by atoms with E-state index in [1.807, 2.05) is 0 Å². The summed E-state index contributed by atoms with van der Waals surface area (Å²) in [6.45, 7) is 2.23. The van der Waals surface area contributed by atoms with Crippen molar-refractivity contribution in [1.29, 1.82) is 0 Å². The Balaban J connectivity index is 2.57. The standard InChI is InChI=1S/C9H11FN2/c1-2-11-12-7-8-5-3-4-6-9(8)10/h2-6,12H,7H2,1H3/b11-2-. The summed E-state index contributed by atoms with van der Waals surface area (Å²) in [7, 11) is 0. The van der Waals surface area contributed by atoms with Gasteiger partial charge < -0.3 is 5.43 Å². The maximum Gasteiger partial charge on any atom is 0.128 e. The van der Waals surface area contributed by atoms with Crippen LogP contribution in [0.3, 0.4) is 0 Å². The van der Waals surface area contributed by atoms with Crippen LogP contribution in [0.2, 0.25) is 0 Å². The topological polar surface area (TPSA) is 24.4 Å². The van der Waals surface area contributed by atoms with Gasteiger partial charge in [0, 0.05) is 11.8 Å². The second kappa shape index (κ2) is 4.49. The van der Waals surface area contributed by atoms with E-state index >= 15 is 0 Å². The van der Waals surface area contributed by atoms with E-state index in [0.717, 1.165) is 0 Å². The van der Waals surface area contributed by atoms with E-state index in [9.17, 15) is 4.39 Å². The molecule has 1 rings (SSSR count). The number of nitrogens with one attached hydrogen (secondary N) is 1. The van der Waals surface area contributed by atoms with Crippen molar-refractivity contribution in [1.82, 2.24) is 5.43 Å². The number of hydrogen-bond donors (Lipinski definition) is 1. The van der Waals surface area contributed by atoms with Gasteiger partial charge in [-0.3, -0.25) is 0 Å². The fourth-order valence-electron chi connectivity index (χ4n) is 0.864. The van der Waals surface area contributed by atoms with Gasteiger partial charge in [-0.05, 0) is 13.0 Å². The highest BCUT2D eigenvalue weighted by atomic mass is 19.1. The lowest BCUT2D eigenvalue weighted by atomic mass is 10.2. The Hall–Kier alpha value is -1.38. The van der Waals surface area contributed by atoms with E-state index in [1.165, 1.54) is 6.07 Å². The molecule has 64 valence electrons.